The van der Waals surface area contributed by atoms with E-state index in [1.54, 1.807) is 13.8 Å². The van der Waals surface area contributed by atoms with E-state index < -0.39 is 18.2 Å². The van der Waals surface area contributed by atoms with Crippen molar-refractivity contribution in [2.24, 2.45) is 17.6 Å². The summed E-state index contributed by atoms with van der Waals surface area (Å²) in [7, 11) is 0. The van der Waals surface area contributed by atoms with E-state index in [9.17, 15) is 4.79 Å². The predicted molar refractivity (Wildman–Crippen MR) is 67.6 cm³/mol. The van der Waals surface area contributed by atoms with Crippen molar-refractivity contribution in [3.05, 3.63) is 0 Å². The Hall–Kier alpha value is -0.650. The van der Waals surface area contributed by atoms with Gasteiger partial charge in [-0.2, -0.15) is 0 Å². The fraction of sp³-hybridized carbons (Fsp3) is 0.917. The van der Waals surface area contributed by atoms with Gasteiger partial charge >= 0.3 is 5.97 Å². The molecule has 0 amide bonds. The SMILES string of the molecule is CC(C)C(O)C(O)C(=O)O.CC(C)CCCN. The first-order valence-electron chi connectivity index (χ1n) is 6.03. The van der Waals surface area contributed by atoms with Crippen LogP contribution in [0.2, 0.25) is 0 Å². The smallest absolute Gasteiger partial charge is 0.335 e. The fourth-order valence-corrected chi connectivity index (χ4v) is 1.04. The summed E-state index contributed by atoms with van der Waals surface area (Å²) in [5.74, 6) is -0.809. The minimum atomic E-state index is -1.67. The Labute approximate surface area is 104 Å². The van der Waals surface area contributed by atoms with Crippen molar-refractivity contribution < 1.29 is 20.1 Å². The maximum Gasteiger partial charge on any atom is 0.335 e. The Morgan fingerprint density at radius 1 is 1.18 bits per heavy atom. The molecule has 0 aliphatic heterocycles. The molecule has 0 rings (SSSR count). The summed E-state index contributed by atoms with van der Waals surface area (Å²) in [5.41, 5.74) is 5.28. The molecular formula is C12H27NO4. The highest BCUT2D eigenvalue weighted by Crippen LogP contribution is 2.05. The Morgan fingerprint density at radius 3 is 1.76 bits per heavy atom. The molecule has 0 saturated carbocycles. The van der Waals surface area contributed by atoms with E-state index in [2.05, 4.69) is 13.8 Å². The third-order valence-corrected chi connectivity index (χ3v) is 2.25. The molecule has 0 fully saturated rings. The number of nitrogens with two attached hydrogens (primary N) is 1. The molecule has 5 N–H and O–H groups in total. The van der Waals surface area contributed by atoms with E-state index in [-0.39, 0.29) is 5.92 Å². The molecule has 0 saturated heterocycles. The van der Waals surface area contributed by atoms with E-state index in [1.165, 1.54) is 12.8 Å². The molecule has 2 atom stereocenters. The second-order valence-corrected chi connectivity index (χ2v) is 4.84. The molecular weight excluding hydrogens is 222 g/mol. The number of aliphatic hydroxyl groups is 2. The Morgan fingerprint density at radius 2 is 1.65 bits per heavy atom. The molecule has 0 bridgehead atoms. The molecule has 0 aromatic heterocycles. The summed E-state index contributed by atoms with van der Waals surface area (Å²) < 4.78 is 0. The van der Waals surface area contributed by atoms with E-state index in [0.717, 1.165) is 12.5 Å². The van der Waals surface area contributed by atoms with Crippen LogP contribution in [0.15, 0.2) is 0 Å². The van der Waals surface area contributed by atoms with Crippen LogP contribution in [0.25, 0.3) is 0 Å². The molecule has 5 heteroatoms. The average molecular weight is 249 g/mol. The number of hydrogen-bond donors (Lipinski definition) is 4. The zero-order chi connectivity index (χ0) is 14.0. The lowest BCUT2D eigenvalue weighted by molar-refractivity contribution is -0.154. The molecule has 0 radical (unpaired) electrons. The lowest BCUT2D eigenvalue weighted by Gasteiger charge is -2.16. The standard InChI is InChI=1S/C6H15N.C6H12O4/c1-6(2)4-3-5-7;1-3(2)4(7)5(8)6(9)10/h6H,3-5,7H2,1-2H3;3-5,7-8H,1-2H3,(H,9,10). The van der Waals surface area contributed by atoms with Crippen LogP contribution < -0.4 is 5.73 Å². The second kappa shape index (κ2) is 10.5. The van der Waals surface area contributed by atoms with Crippen molar-refractivity contribution in [1.82, 2.24) is 0 Å². The molecule has 0 spiro atoms. The number of aliphatic hydroxyl groups excluding tert-OH is 2. The maximum absolute atomic E-state index is 10.0. The van der Waals surface area contributed by atoms with Crippen LogP contribution in [0, 0.1) is 11.8 Å². The number of hydrogen-bond acceptors (Lipinski definition) is 4. The van der Waals surface area contributed by atoms with Crippen LogP contribution in [-0.4, -0.2) is 40.0 Å². The first-order valence-corrected chi connectivity index (χ1v) is 6.03. The zero-order valence-corrected chi connectivity index (χ0v) is 11.3. The molecule has 5 nitrogen and oxygen atoms in total. The minimum absolute atomic E-state index is 0.244. The molecule has 0 aliphatic carbocycles. The first-order chi connectivity index (χ1) is 7.73. The number of carboxylic acids is 1. The molecule has 0 heterocycles. The predicted octanol–water partition coefficient (Wildman–Crippen LogP) is 0.830. The van der Waals surface area contributed by atoms with Gasteiger partial charge in [-0.1, -0.05) is 27.7 Å². The maximum atomic E-state index is 10.0. The lowest BCUT2D eigenvalue weighted by Crippen LogP contribution is -2.37. The molecule has 17 heavy (non-hydrogen) atoms. The number of rotatable bonds is 6. The topological polar surface area (TPSA) is 104 Å². The van der Waals surface area contributed by atoms with E-state index in [0.29, 0.717) is 0 Å². The van der Waals surface area contributed by atoms with Gasteiger partial charge in [-0.05, 0) is 31.2 Å². The highest BCUT2D eigenvalue weighted by molar-refractivity contribution is 5.72. The summed E-state index contributed by atoms with van der Waals surface area (Å²) >= 11 is 0. The van der Waals surface area contributed by atoms with Crippen molar-refractivity contribution in [3.63, 3.8) is 0 Å². The Kier molecular flexibility index (Phi) is 11.6. The lowest BCUT2D eigenvalue weighted by atomic mass is 10.0. The zero-order valence-electron chi connectivity index (χ0n) is 11.3. The molecule has 2 unspecified atom stereocenters. The van der Waals surface area contributed by atoms with Gasteiger partial charge in [0, 0.05) is 0 Å². The third-order valence-electron chi connectivity index (χ3n) is 2.25. The molecule has 0 aromatic rings. The first kappa shape index (κ1) is 18.7. The van der Waals surface area contributed by atoms with Crippen LogP contribution in [0.5, 0.6) is 0 Å². The average Bonchev–Trinajstić information content (AvgIpc) is 2.24. The van der Waals surface area contributed by atoms with Gasteiger partial charge in [0.2, 0.25) is 0 Å². The summed E-state index contributed by atoms with van der Waals surface area (Å²) in [5, 5.41) is 25.8. The van der Waals surface area contributed by atoms with Gasteiger partial charge < -0.3 is 21.1 Å². The van der Waals surface area contributed by atoms with Gasteiger partial charge in [0.25, 0.3) is 0 Å². The van der Waals surface area contributed by atoms with Gasteiger partial charge in [0.1, 0.15) is 0 Å². The summed E-state index contributed by atoms with van der Waals surface area (Å²) in [6, 6.07) is 0. The second-order valence-electron chi connectivity index (χ2n) is 4.84. The Balaban J connectivity index is 0. The van der Waals surface area contributed by atoms with Gasteiger partial charge in [0.05, 0.1) is 6.10 Å². The van der Waals surface area contributed by atoms with Crippen LogP contribution in [0.3, 0.4) is 0 Å². The van der Waals surface area contributed by atoms with Crippen molar-refractivity contribution in [2.75, 3.05) is 6.54 Å². The summed E-state index contributed by atoms with van der Waals surface area (Å²) in [4.78, 5) is 10.0. The van der Waals surface area contributed by atoms with Crippen molar-refractivity contribution >= 4 is 5.97 Å². The van der Waals surface area contributed by atoms with E-state index >= 15 is 0 Å². The van der Waals surface area contributed by atoms with E-state index in [4.69, 9.17) is 21.1 Å². The van der Waals surface area contributed by atoms with Crippen molar-refractivity contribution in [2.45, 2.75) is 52.7 Å². The van der Waals surface area contributed by atoms with E-state index in [1.807, 2.05) is 0 Å². The fourth-order valence-electron chi connectivity index (χ4n) is 1.04. The number of carbonyl (C=O) groups is 1. The van der Waals surface area contributed by atoms with Crippen LogP contribution >= 0.6 is 0 Å². The van der Waals surface area contributed by atoms with Gasteiger partial charge in [0.15, 0.2) is 6.10 Å². The summed E-state index contributed by atoms with van der Waals surface area (Å²) in [6.45, 7) is 8.55. The summed E-state index contributed by atoms with van der Waals surface area (Å²) in [6.07, 6.45) is -0.397. The number of aliphatic carboxylic acids is 1. The largest absolute Gasteiger partial charge is 0.479 e. The normalized spacial score (nSPS) is 14.2. The highest BCUT2D eigenvalue weighted by atomic mass is 16.4. The quantitative estimate of drug-likeness (QED) is 0.558. The Bertz CT molecular complexity index is 195. The minimum Gasteiger partial charge on any atom is -0.479 e. The van der Waals surface area contributed by atoms with Gasteiger partial charge in [-0.15, -0.1) is 0 Å². The van der Waals surface area contributed by atoms with Crippen LogP contribution in [0.4, 0.5) is 0 Å². The van der Waals surface area contributed by atoms with Gasteiger partial charge in [-0.3, -0.25) is 0 Å². The van der Waals surface area contributed by atoms with Crippen LogP contribution in [-0.2, 0) is 4.79 Å². The number of carboxylic acid groups (broad SMARTS) is 1. The molecule has 0 aliphatic rings. The highest BCUT2D eigenvalue weighted by Gasteiger charge is 2.25. The van der Waals surface area contributed by atoms with Crippen LogP contribution in [0.1, 0.15) is 40.5 Å². The van der Waals surface area contributed by atoms with Gasteiger partial charge in [-0.25, -0.2) is 4.79 Å². The third kappa shape index (κ3) is 11.6. The molecule has 104 valence electrons. The monoisotopic (exact) mass is 249 g/mol. The van der Waals surface area contributed by atoms with Crippen molar-refractivity contribution in [3.8, 4) is 0 Å². The molecule has 0 aromatic carbocycles. The van der Waals surface area contributed by atoms with Crippen molar-refractivity contribution in [1.29, 1.82) is 0 Å².